The first-order valence-electron chi connectivity index (χ1n) is 4.65. The summed E-state index contributed by atoms with van der Waals surface area (Å²) in [6.45, 7) is 0. The smallest absolute Gasteiger partial charge is 0.258 e. The molecule has 1 aromatic carbocycles. The molecule has 6 nitrogen and oxygen atoms in total. The van der Waals surface area contributed by atoms with Gasteiger partial charge in [-0.25, -0.2) is 13.6 Å². The van der Waals surface area contributed by atoms with Gasteiger partial charge in [0.15, 0.2) is 4.90 Å². The molecule has 118 valence electrons. The molecule has 0 unspecified atom stereocenters. The number of alkyl halides is 6. The molecule has 0 fully saturated rings. The van der Waals surface area contributed by atoms with E-state index < -0.39 is 55.1 Å². The summed E-state index contributed by atoms with van der Waals surface area (Å²) in [4.78, 5) is 6.97. The van der Waals surface area contributed by atoms with E-state index in [1.165, 1.54) is 0 Å². The Labute approximate surface area is 112 Å². The second-order valence-electron chi connectivity index (χ2n) is 3.67. The third-order valence-electron chi connectivity index (χ3n) is 2.20. The van der Waals surface area contributed by atoms with Crippen LogP contribution in [-0.4, -0.2) is 13.3 Å². The maximum Gasteiger partial charge on any atom is 0.423 e. The van der Waals surface area contributed by atoms with E-state index in [2.05, 4.69) is 5.14 Å². The third-order valence-corrected chi connectivity index (χ3v) is 3.12. The Kier molecular flexibility index (Phi) is 3.95. The largest absolute Gasteiger partial charge is 0.423 e. The van der Waals surface area contributed by atoms with Crippen LogP contribution in [0.2, 0.25) is 0 Å². The van der Waals surface area contributed by atoms with Crippen molar-refractivity contribution >= 4 is 15.7 Å². The fraction of sp³-hybridized carbons (Fsp3) is 0.250. The Morgan fingerprint density at radius 3 is 1.81 bits per heavy atom. The highest BCUT2D eigenvalue weighted by Gasteiger charge is 2.45. The van der Waals surface area contributed by atoms with Crippen LogP contribution in [-0.2, 0) is 22.4 Å². The number of nitrogens with zero attached hydrogens (tertiary/aromatic N) is 1. The van der Waals surface area contributed by atoms with Gasteiger partial charge in [-0.05, 0) is 12.1 Å². The number of sulfonamides is 1. The fourth-order valence-electron chi connectivity index (χ4n) is 1.39. The monoisotopic (exact) mass is 338 g/mol. The molecule has 0 aromatic heterocycles. The number of halogens is 6. The SMILES string of the molecule is NS(=O)(=O)c1cc(C(F)(F)F)cc(C(F)(F)F)c1[N+](=O)[O-]. The van der Waals surface area contributed by atoms with Gasteiger partial charge in [-0.1, -0.05) is 0 Å². The van der Waals surface area contributed by atoms with Gasteiger partial charge < -0.3 is 0 Å². The summed E-state index contributed by atoms with van der Waals surface area (Å²) in [5.74, 6) is 0. The average molecular weight is 338 g/mol. The second-order valence-corrected chi connectivity index (χ2v) is 5.20. The van der Waals surface area contributed by atoms with Crippen LogP contribution in [0.4, 0.5) is 32.0 Å². The molecule has 0 radical (unpaired) electrons. The van der Waals surface area contributed by atoms with Gasteiger partial charge in [0, 0.05) is 0 Å². The van der Waals surface area contributed by atoms with Crippen LogP contribution >= 0.6 is 0 Å². The van der Waals surface area contributed by atoms with Crippen molar-refractivity contribution in [1.29, 1.82) is 0 Å². The van der Waals surface area contributed by atoms with Crippen molar-refractivity contribution in [2.24, 2.45) is 5.14 Å². The lowest BCUT2D eigenvalue weighted by Crippen LogP contribution is -2.20. The van der Waals surface area contributed by atoms with E-state index >= 15 is 0 Å². The first-order valence-corrected chi connectivity index (χ1v) is 6.20. The van der Waals surface area contributed by atoms with Gasteiger partial charge in [-0.2, -0.15) is 26.3 Å². The summed E-state index contributed by atoms with van der Waals surface area (Å²) < 4.78 is 97.5. The molecule has 13 heteroatoms. The molecule has 0 spiro atoms. The van der Waals surface area contributed by atoms with Crippen molar-refractivity contribution < 1.29 is 39.7 Å². The number of nitro groups is 1. The third kappa shape index (κ3) is 3.60. The molecule has 0 amide bonds. The lowest BCUT2D eigenvalue weighted by atomic mass is 10.1. The van der Waals surface area contributed by atoms with Crippen molar-refractivity contribution in [1.82, 2.24) is 0 Å². The van der Waals surface area contributed by atoms with Crippen LogP contribution in [0.5, 0.6) is 0 Å². The summed E-state index contributed by atoms with van der Waals surface area (Å²) >= 11 is 0. The van der Waals surface area contributed by atoms with Crippen molar-refractivity contribution in [2.45, 2.75) is 17.2 Å². The summed E-state index contributed by atoms with van der Waals surface area (Å²) in [6, 6.07) is -0.866. The molecule has 0 saturated heterocycles. The molecular weight excluding hydrogens is 334 g/mol. The number of nitro benzene ring substituents is 1. The van der Waals surface area contributed by atoms with Crippen molar-refractivity contribution in [2.75, 3.05) is 0 Å². The predicted molar refractivity (Wildman–Crippen MR) is 54.5 cm³/mol. The molecule has 1 aromatic rings. The van der Waals surface area contributed by atoms with Gasteiger partial charge in [0.05, 0.1) is 10.5 Å². The first kappa shape index (κ1) is 17.2. The maximum absolute atomic E-state index is 12.6. The van der Waals surface area contributed by atoms with E-state index in [1.54, 1.807) is 0 Å². The Morgan fingerprint density at radius 1 is 1.05 bits per heavy atom. The minimum Gasteiger partial charge on any atom is -0.258 e. The van der Waals surface area contributed by atoms with Crippen LogP contribution < -0.4 is 5.14 Å². The van der Waals surface area contributed by atoms with Crippen molar-refractivity contribution in [3.63, 3.8) is 0 Å². The standard InChI is InChI=1S/C8H4F6N2O4S/c9-7(10,11)3-1-4(8(12,13)14)6(16(17)18)5(2-3)21(15,19)20/h1-2H,(H2,15,19,20). The van der Waals surface area contributed by atoms with Crippen molar-refractivity contribution in [3.8, 4) is 0 Å². The number of hydrogen-bond acceptors (Lipinski definition) is 4. The molecule has 0 aliphatic rings. The van der Waals surface area contributed by atoms with E-state index in [0.29, 0.717) is 0 Å². The normalized spacial score (nSPS) is 13.3. The summed E-state index contributed by atoms with van der Waals surface area (Å²) in [6.07, 6.45) is -10.9. The molecule has 1 rings (SSSR count). The molecule has 0 bridgehead atoms. The van der Waals surface area contributed by atoms with Gasteiger partial charge in [-0.3, -0.25) is 10.1 Å². The van der Waals surface area contributed by atoms with Crippen molar-refractivity contribution in [3.05, 3.63) is 33.4 Å². The Balaban J connectivity index is 3.99. The molecule has 2 N–H and O–H groups in total. The zero-order valence-electron chi connectivity index (χ0n) is 9.49. The highest BCUT2D eigenvalue weighted by molar-refractivity contribution is 7.89. The van der Waals surface area contributed by atoms with Gasteiger partial charge in [-0.15, -0.1) is 0 Å². The zero-order valence-corrected chi connectivity index (χ0v) is 10.3. The van der Waals surface area contributed by atoms with E-state index in [-0.39, 0.29) is 6.07 Å². The van der Waals surface area contributed by atoms with Crippen LogP contribution in [0, 0.1) is 10.1 Å². The van der Waals surface area contributed by atoms with Crippen LogP contribution in [0.15, 0.2) is 17.0 Å². The summed E-state index contributed by atoms with van der Waals surface area (Å²) in [5, 5.41) is 15.1. The Morgan fingerprint density at radius 2 is 1.52 bits per heavy atom. The lowest BCUT2D eigenvalue weighted by Gasteiger charge is -2.14. The summed E-state index contributed by atoms with van der Waals surface area (Å²) in [5.41, 5.74) is -6.44. The molecule has 0 atom stereocenters. The number of rotatable bonds is 2. The van der Waals surface area contributed by atoms with Gasteiger partial charge in [0.25, 0.3) is 0 Å². The van der Waals surface area contributed by atoms with E-state index in [9.17, 15) is 44.9 Å². The van der Waals surface area contributed by atoms with E-state index in [4.69, 9.17) is 0 Å². The highest BCUT2D eigenvalue weighted by atomic mass is 32.2. The van der Waals surface area contributed by atoms with E-state index in [1.807, 2.05) is 0 Å². The molecule has 0 aliphatic carbocycles. The van der Waals surface area contributed by atoms with Gasteiger partial charge in [0.1, 0.15) is 5.56 Å². The second kappa shape index (κ2) is 4.84. The van der Waals surface area contributed by atoms with Gasteiger partial charge in [0.2, 0.25) is 10.0 Å². The maximum atomic E-state index is 12.6. The molecule has 0 aliphatic heterocycles. The minimum atomic E-state index is -5.58. The Bertz CT molecular complexity index is 694. The van der Waals surface area contributed by atoms with Gasteiger partial charge >= 0.3 is 18.0 Å². The topological polar surface area (TPSA) is 103 Å². The molecule has 0 heterocycles. The number of nitrogens with two attached hydrogens (primary N) is 1. The fourth-order valence-corrected chi connectivity index (χ4v) is 2.14. The number of hydrogen-bond donors (Lipinski definition) is 1. The predicted octanol–water partition coefficient (Wildman–Crippen LogP) is 2.28. The van der Waals surface area contributed by atoms with Crippen LogP contribution in [0.1, 0.15) is 11.1 Å². The number of benzene rings is 1. The zero-order chi connectivity index (χ0) is 16.8. The average Bonchev–Trinajstić information content (AvgIpc) is 2.23. The van der Waals surface area contributed by atoms with Crippen LogP contribution in [0.3, 0.4) is 0 Å². The van der Waals surface area contributed by atoms with E-state index in [0.717, 1.165) is 0 Å². The lowest BCUT2D eigenvalue weighted by molar-refractivity contribution is -0.391. The quantitative estimate of drug-likeness (QED) is 0.507. The molecule has 21 heavy (non-hydrogen) atoms. The molecule has 0 saturated carbocycles. The first-order chi connectivity index (χ1) is 9.15. The Hall–Kier alpha value is -1.89. The van der Waals surface area contributed by atoms with Crippen LogP contribution in [0.25, 0.3) is 0 Å². The number of primary sulfonamides is 1. The minimum absolute atomic E-state index is 0.317. The summed E-state index contributed by atoms with van der Waals surface area (Å²) in [7, 11) is -5.19. The molecular formula is C8H4F6N2O4S. The highest BCUT2D eigenvalue weighted by Crippen LogP contribution is 2.43.